The molecule has 1 atom stereocenters. The van der Waals surface area contributed by atoms with Crippen LogP contribution in [0.4, 0.5) is 0 Å². The van der Waals surface area contributed by atoms with Crippen molar-refractivity contribution in [1.29, 1.82) is 5.26 Å². The Labute approximate surface area is 88.2 Å². The Morgan fingerprint density at radius 1 is 1.60 bits per heavy atom. The molecule has 0 saturated carbocycles. The van der Waals surface area contributed by atoms with Gasteiger partial charge in [0.2, 0.25) is 0 Å². The number of carbonyl (C=O) groups is 1. The quantitative estimate of drug-likeness (QED) is 0.782. The van der Waals surface area contributed by atoms with Gasteiger partial charge in [-0.3, -0.25) is 4.79 Å². The number of nitrogens with one attached hydrogen (secondary N) is 1. The lowest BCUT2D eigenvalue weighted by Crippen LogP contribution is -2.32. The summed E-state index contributed by atoms with van der Waals surface area (Å²) in [7, 11) is 0. The zero-order chi connectivity index (χ0) is 11.3. The van der Waals surface area contributed by atoms with Crippen LogP contribution in [-0.2, 0) is 0 Å². The molecule has 1 rings (SSSR count). The lowest BCUT2D eigenvalue weighted by atomic mass is 10.1. The molecule has 0 radical (unpaired) electrons. The summed E-state index contributed by atoms with van der Waals surface area (Å²) in [5, 5.41) is 20.4. The summed E-state index contributed by atoms with van der Waals surface area (Å²) in [5.74, 6) is -0.421. The van der Waals surface area contributed by atoms with E-state index in [1.807, 2.05) is 6.07 Å². The van der Waals surface area contributed by atoms with Crippen LogP contribution < -0.4 is 5.32 Å². The number of nitrogens with zero attached hydrogens (tertiary/aromatic N) is 1. The van der Waals surface area contributed by atoms with E-state index in [1.54, 1.807) is 19.1 Å². The van der Waals surface area contributed by atoms with Crippen molar-refractivity contribution in [2.45, 2.75) is 19.4 Å². The molecule has 0 saturated heterocycles. The fourth-order valence-electron chi connectivity index (χ4n) is 1.16. The van der Waals surface area contributed by atoms with E-state index in [2.05, 4.69) is 5.32 Å². The number of hydrogen-bond donors (Lipinski definition) is 2. The van der Waals surface area contributed by atoms with Gasteiger partial charge in [0.1, 0.15) is 5.75 Å². The highest BCUT2D eigenvalue weighted by atomic mass is 16.3. The molecule has 1 aromatic carbocycles. The average Bonchev–Trinajstić information content (AvgIpc) is 2.18. The van der Waals surface area contributed by atoms with Crippen molar-refractivity contribution in [1.82, 2.24) is 5.32 Å². The number of phenols is 1. The molecule has 1 amide bonds. The predicted molar refractivity (Wildman–Crippen MR) is 55.3 cm³/mol. The third kappa shape index (κ3) is 2.99. The molecule has 4 nitrogen and oxygen atoms in total. The Kier molecular flexibility index (Phi) is 3.69. The molecule has 0 heterocycles. The molecule has 78 valence electrons. The first-order chi connectivity index (χ1) is 7.15. The molecule has 1 unspecified atom stereocenters. The average molecular weight is 204 g/mol. The third-order valence-corrected chi connectivity index (χ3v) is 1.92. The number of benzene rings is 1. The van der Waals surface area contributed by atoms with E-state index >= 15 is 0 Å². The van der Waals surface area contributed by atoms with Crippen molar-refractivity contribution in [3.05, 3.63) is 29.8 Å². The van der Waals surface area contributed by atoms with Crippen LogP contribution in [0.25, 0.3) is 0 Å². The Bertz CT molecular complexity index is 396. The van der Waals surface area contributed by atoms with Crippen molar-refractivity contribution in [3.8, 4) is 11.8 Å². The van der Waals surface area contributed by atoms with Gasteiger partial charge in [-0.25, -0.2) is 0 Å². The summed E-state index contributed by atoms with van der Waals surface area (Å²) in [5.41, 5.74) is 0.224. The lowest BCUT2D eigenvalue weighted by Gasteiger charge is -2.10. The number of phenolic OH excluding ortho intramolecular Hbond substituents is 1. The number of hydrogen-bond acceptors (Lipinski definition) is 3. The van der Waals surface area contributed by atoms with E-state index in [1.165, 1.54) is 12.1 Å². The summed E-state index contributed by atoms with van der Waals surface area (Å²) in [6.45, 7) is 1.74. The predicted octanol–water partition coefficient (Wildman–Crippen LogP) is 1.42. The van der Waals surface area contributed by atoms with Crippen molar-refractivity contribution >= 4 is 5.91 Å². The number of aromatic hydroxyl groups is 1. The third-order valence-electron chi connectivity index (χ3n) is 1.92. The number of carbonyl (C=O) groups excluding carboxylic acids is 1. The molecule has 1 aromatic rings. The topological polar surface area (TPSA) is 73.1 Å². The lowest BCUT2D eigenvalue weighted by molar-refractivity contribution is 0.0938. The van der Waals surface area contributed by atoms with Crippen molar-refractivity contribution in [2.24, 2.45) is 0 Å². The van der Waals surface area contributed by atoms with Crippen LogP contribution >= 0.6 is 0 Å². The van der Waals surface area contributed by atoms with Gasteiger partial charge < -0.3 is 10.4 Å². The summed E-state index contributed by atoms with van der Waals surface area (Å²) in [4.78, 5) is 11.6. The zero-order valence-corrected chi connectivity index (χ0v) is 8.40. The Morgan fingerprint density at radius 3 is 2.87 bits per heavy atom. The van der Waals surface area contributed by atoms with Crippen LogP contribution in [-0.4, -0.2) is 17.1 Å². The number of para-hydroxylation sites is 1. The summed E-state index contributed by atoms with van der Waals surface area (Å²) < 4.78 is 0. The van der Waals surface area contributed by atoms with Gasteiger partial charge in [-0.1, -0.05) is 12.1 Å². The van der Waals surface area contributed by atoms with Gasteiger partial charge in [-0.15, -0.1) is 0 Å². The van der Waals surface area contributed by atoms with Crippen LogP contribution in [0.5, 0.6) is 5.75 Å². The maximum atomic E-state index is 11.6. The van der Waals surface area contributed by atoms with Crippen molar-refractivity contribution in [2.75, 3.05) is 0 Å². The van der Waals surface area contributed by atoms with Gasteiger partial charge in [0.05, 0.1) is 18.1 Å². The minimum atomic E-state index is -0.365. The molecule has 2 N–H and O–H groups in total. The monoisotopic (exact) mass is 204 g/mol. The van der Waals surface area contributed by atoms with Crippen LogP contribution in [0.3, 0.4) is 0 Å². The summed E-state index contributed by atoms with van der Waals surface area (Å²) >= 11 is 0. The molecular formula is C11H12N2O2. The zero-order valence-electron chi connectivity index (χ0n) is 8.40. The van der Waals surface area contributed by atoms with Gasteiger partial charge in [0.15, 0.2) is 0 Å². The van der Waals surface area contributed by atoms with Gasteiger partial charge >= 0.3 is 0 Å². The molecule has 0 aliphatic heterocycles. The largest absolute Gasteiger partial charge is 0.507 e. The minimum absolute atomic E-state index is 0.0563. The van der Waals surface area contributed by atoms with E-state index in [0.717, 1.165) is 0 Å². The molecule has 4 heteroatoms. The number of nitriles is 1. The van der Waals surface area contributed by atoms with Gasteiger partial charge in [-0.2, -0.15) is 5.26 Å². The standard InChI is InChI=1S/C11H12N2O2/c1-8(6-7-12)13-11(15)9-4-2-3-5-10(9)14/h2-5,8,14H,6H2,1H3,(H,13,15). The van der Waals surface area contributed by atoms with Gasteiger partial charge in [0, 0.05) is 6.04 Å². The van der Waals surface area contributed by atoms with E-state index < -0.39 is 0 Å². The fraction of sp³-hybridized carbons (Fsp3) is 0.273. The summed E-state index contributed by atoms with van der Waals surface area (Å²) in [6, 6.07) is 8.04. The van der Waals surface area contributed by atoms with E-state index in [9.17, 15) is 9.90 Å². The molecule has 0 bridgehead atoms. The second kappa shape index (κ2) is 5.01. The van der Waals surface area contributed by atoms with Crippen molar-refractivity contribution < 1.29 is 9.90 Å². The van der Waals surface area contributed by atoms with E-state index in [4.69, 9.17) is 5.26 Å². The molecule has 0 aromatic heterocycles. The smallest absolute Gasteiger partial charge is 0.255 e. The molecule has 0 aliphatic rings. The van der Waals surface area contributed by atoms with Gasteiger partial charge in [0.25, 0.3) is 5.91 Å². The summed E-state index contributed by atoms with van der Waals surface area (Å²) in [6.07, 6.45) is 0.249. The minimum Gasteiger partial charge on any atom is -0.507 e. The maximum absolute atomic E-state index is 11.6. The molecule has 0 spiro atoms. The second-order valence-corrected chi connectivity index (χ2v) is 3.25. The SMILES string of the molecule is CC(CC#N)NC(=O)c1ccccc1O. The highest BCUT2D eigenvalue weighted by Gasteiger charge is 2.12. The molecular weight excluding hydrogens is 192 g/mol. The van der Waals surface area contributed by atoms with E-state index in [-0.39, 0.29) is 29.7 Å². The Hall–Kier alpha value is -2.02. The molecule has 15 heavy (non-hydrogen) atoms. The molecule has 0 fully saturated rings. The van der Waals surface area contributed by atoms with Crippen LogP contribution in [0.15, 0.2) is 24.3 Å². The highest BCUT2D eigenvalue weighted by molar-refractivity contribution is 5.96. The van der Waals surface area contributed by atoms with Crippen molar-refractivity contribution in [3.63, 3.8) is 0 Å². The van der Waals surface area contributed by atoms with Gasteiger partial charge in [-0.05, 0) is 19.1 Å². The Balaban J connectivity index is 2.70. The first-order valence-corrected chi connectivity index (χ1v) is 4.61. The number of amides is 1. The first-order valence-electron chi connectivity index (χ1n) is 4.61. The van der Waals surface area contributed by atoms with Crippen LogP contribution in [0, 0.1) is 11.3 Å². The van der Waals surface area contributed by atoms with Crippen LogP contribution in [0.2, 0.25) is 0 Å². The second-order valence-electron chi connectivity index (χ2n) is 3.25. The Morgan fingerprint density at radius 2 is 2.27 bits per heavy atom. The number of rotatable bonds is 3. The maximum Gasteiger partial charge on any atom is 0.255 e. The molecule has 0 aliphatic carbocycles. The first kappa shape index (κ1) is 11.1. The van der Waals surface area contributed by atoms with E-state index in [0.29, 0.717) is 0 Å². The van der Waals surface area contributed by atoms with Crippen LogP contribution in [0.1, 0.15) is 23.7 Å². The normalized spacial score (nSPS) is 11.5. The highest BCUT2D eigenvalue weighted by Crippen LogP contribution is 2.15. The fourth-order valence-corrected chi connectivity index (χ4v) is 1.16.